The van der Waals surface area contributed by atoms with Gasteiger partial charge < -0.3 is 19.7 Å². The molecule has 2 rings (SSSR count). The van der Waals surface area contributed by atoms with E-state index in [4.69, 9.17) is 9.47 Å². The number of likely N-dealkylation sites (tertiary alicyclic amines) is 1. The van der Waals surface area contributed by atoms with Crippen molar-refractivity contribution in [1.82, 2.24) is 4.90 Å². The summed E-state index contributed by atoms with van der Waals surface area (Å²) >= 11 is 0. The van der Waals surface area contributed by atoms with Gasteiger partial charge in [0.1, 0.15) is 11.4 Å². The second kappa shape index (κ2) is 11.3. The lowest BCUT2D eigenvalue weighted by Crippen LogP contribution is -2.42. The van der Waals surface area contributed by atoms with E-state index in [1.807, 2.05) is 38.1 Å². The fourth-order valence-electron chi connectivity index (χ4n) is 3.61. The molecule has 1 saturated heterocycles. The maximum absolute atomic E-state index is 12.6. The van der Waals surface area contributed by atoms with Crippen molar-refractivity contribution in [2.75, 3.05) is 38.2 Å². The van der Waals surface area contributed by atoms with E-state index in [1.54, 1.807) is 0 Å². The van der Waals surface area contributed by atoms with Gasteiger partial charge in [-0.1, -0.05) is 19.8 Å². The van der Waals surface area contributed by atoms with Crippen molar-refractivity contribution in [3.05, 3.63) is 24.3 Å². The van der Waals surface area contributed by atoms with Crippen LogP contribution in [0.15, 0.2) is 24.3 Å². The number of hydrogen-bond acceptors (Lipinski definition) is 4. The van der Waals surface area contributed by atoms with Gasteiger partial charge in [0, 0.05) is 18.8 Å². The molecule has 1 aliphatic rings. The first-order valence-electron chi connectivity index (χ1n) is 10.5. The molecule has 0 bridgehead atoms. The molecular weight excluding hydrogens is 340 g/mol. The topological polar surface area (TPSA) is 50.8 Å². The molecule has 1 atom stereocenters. The Morgan fingerprint density at radius 3 is 2.48 bits per heavy atom. The summed E-state index contributed by atoms with van der Waals surface area (Å²) in [6, 6.07) is 7.59. The van der Waals surface area contributed by atoms with Gasteiger partial charge in [0.15, 0.2) is 0 Å². The molecule has 152 valence electrons. The van der Waals surface area contributed by atoms with Crippen LogP contribution in [0.1, 0.15) is 59.3 Å². The molecule has 0 radical (unpaired) electrons. The number of carbonyl (C=O) groups excluding carboxylic acids is 1. The second-order valence-corrected chi connectivity index (χ2v) is 7.50. The van der Waals surface area contributed by atoms with Crippen LogP contribution in [-0.2, 0) is 9.53 Å². The van der Waals surface area contributed by atoms with Gasteiger partial charge in [-0.3, -0.25) is 4.79 Å². The van der Waals surface area contributed by atoms with Crippen molar-refractivity contribution in [3.8, 4) is 5.75 Å². The largest absolute Gasteiger partial charge is 0.494 e. The van der Waals surface area contributed by atoms with Crippen molar-refractivity contribution >= 4 is 11.6 Å². The van der Waals surface area contributed by atoms with Gasteiger partial charge in [-0.05, 0) is 76.9 Å². The molecule has 1 fully saturated rings. The molecule has 1 aromatic rings. The van der Waals surface area contributed by atoms with E-state index < -0.39 is 5.60 Å². The lowest BCUT2D eigenvalue weighted by Gasteiger charge is -2.27. The van der Waals surface area contributed by atoms with Gasteiger partial charge >= 0.3 is 0 Å². The Morgan fingerprint density at radius 1 is 1.15 bits per heavy atom. The lowest BCUT2D eigenvalue weighted by molar-refractivity contribution is -0.139. The van der Waals surface area contributed by atoms with Crippen LogP contribution in [0.2, 0.25) is 0 Å². The number of nitrogens with one attached hydrogen (secondary N) is 1. The van der Waals surface area contributed by atoms with Crippen molar-refractivity contribution in [3.63, 3.8) is 0 Å². The average Bonchev–Trinajstić information content (AvgIpc) is 2.67. The lowest BCUT2D eigenvalue weighted by atomic mass is 9.99. The monoisotopic (exact) mass is 376 g/mol. The number of benzene rings is 1. The molecule has 5 nitrogen and oxygen atoms in total. The van der Waals surface area contributed by atoms with Gasteiger partial charge in [-0.15, -0.1) is 0 Å². The number of amides is 1. The molecule has 1 aromatic carbocycles. The molecule has 1 amide bonds. The number of hydrogen-bond donors (Lipinski definition) is 1. The molecule has 1 aliphatic heterocycles. The zero-order chi connectivity index (χ0) is 19.5. The quantitative estimate of drug-likeness (QED) is 0.579. The highest BCUT2D eigenvalue weighted by Crippen LogP contribution is 2.22. The van der Waals surface area contributed by atoms with Gasteiger partial charge in [0.2, 0.25) is 0 Å². The summed E-state index contributed by atoms with van der Waals surface area (Å²) in [5, 5.41) is 2.96. The fourth-order valence-corrected chi connectivity index (χ4v) is 3.61. The summed E-state index contributed by atoms with van der Waals surface area (Å²) in [7, 11) is 0. The summed E-state index contributed by atoms with van der Waals surface area (Å²) in [5.41, 5.74) is -0.0182. The van der Waals surface area contributed by atoms with Crippen LogP contribution in [0.4, 0.5) is 5.69 Å². The zero-order valence-electron chi connectivity index (χ0n) is 17.3. The summed E-state index contributed by atoms with van der Waals surface area (Å²) < 4.78 is 11.5. The first kappa shape index (κ1) is 21.7. The van der Waals surface area contributed by atoms with E-state index in [9.17, 15) is 4.79 Å². The summed E-state index contributed by atoms with van der Waals surface area (Å²) in [6.45, 7) is 10.6. The SMILES string of the molecule is CCC[C@@](C)(OCC)C(=O)Nc1ccc(OCCCN2CCCCC2)cc1. The minimum Gasteiger partial charge on any atom is -0.494 e. The highest BCUT2D eigenvalue weighted by Gasteiger charge is 2.32. The van der Waals surface area contributed by atoms with Crippen LogP contribution in [0, 0.1) is 0 Å². The number of rotatable bonds is 11. The molecule has 1 N–H and O–H groups in total. The van der Waals surface area contributed by atoms with E-state index in [-0.39, 0.29) is 5.91 Å². The maximum Gasteiger partial charge on any atom is 0.256 e. The Hall–Kier alpha value is -1.59. The molecule has 0 spiro atoms. The molecular formula is C22H36N2O3. The van der Waals surface area contributed by atoms with Crippen LogP contribution in [-0.4, -0.2) is 49.3 Å². The fraction of sp³-hybridized carbons (Fsp3) is 0.682. The Bertz CT molecular complexity index is 547. The highest BCUT2D eigenvalue weighted by molar-refractivity contribution is 5.97. The number of piperidine rings is 1. The van der Waals surface area contributed by atoms with Crippen molar-refractivity contribution in [2.45, 2.75) is 64.9 Å². The van der Waals surface area contributed by atoms with Gasteiger partial charge in [0.25, 0.3) is 5.91 Å². The van der Waals surface area contributed by atoms with Crippen molar-refractivity contribution in [1.29, 1.82) is 0 Å². The van der Waals surface area contributed by atoms with Gasteiger partial charge in [-0.2, -0.15) is 0 Å². The Kier molecular flexibility index (Phi) is 9.08. The maximum atomic E-state index is 12.6. The van der Waals surface area contributed by atoms with Crippen molar-refractivity contribution < 1.29 is 14.3 Å². The third kappa shape index (κ3) is 7.15. The smallest absolute Gasteiger partial charge is 0.256 e. The average molecular weight is 377 g/mol. The van der Waals surface area contributed by atoms with Crippen molar-refractivity contribution in [2.24, 2.45) is 0 Å². The second-order valence-electron chi connectivity index (χ2n) is 7.50. The van der Waals surface area contributed by atoms with E-state index >= 15 is 0 Å². The highest BCUT2D eigenvalue weighted by atomic mass is 16.5. The van der Waals surface area contributed by atoms with Gasteiger partial charge in [-0.25, -0.2) is 0 Å². The number of carbonyl (C=O) groups is 1. The predicted octanol–water partition coefficient (Wildman–Crippen LogP) is 4.48. The molecule has 5 heteroatoms. The molecule has 0 aliphatic carbocycles. The van der Waals surface area contributed by atoms with E-state index in [2.05, 4.69) is 17.1 Å². The number of nitrogens with zero attached hydrogens (tertiary/aromatic N) is 1. The standard InChI is InChI=1S/C22H36N2O3/c1-4-14-22(3,27-5-2)21(25)23-19-10-12-20(13-11-19)26-18-9-17-24-15-7-6-8-16-24/h10-13H,4-9,14-18H2,1-3H3,(H,23,25)/t22-/m1/s1. The van der Waals surface area contributed by atoms with Crippen LogP contribution in [0.5, 0.6) is 5.75 Å². The van der Waals surface area contributed by atoms with E-state index in [0.717, 1.165) is 37.4 Å². The summed E-state index contributed by atoms with van der Waals surface area (Å²) in [5.74, 6) is 0.745. The van der Waals surface area contributed by atoms with Crippen LogP contribution in [0.25, 0.3) is 0 Å². The third-order valence-electron chi connectivity index (χ3n) is 5.12. The molecule has 0 aromatic heterocycles. The van der Waals surface area contributed by atoms with E-state index in [1.165, 1.54) is 32.4 Å². The first-order valence-corrected chi connectivity index (χ1v) is 10.5. The molecule has 27 heavy (non-hydrogen) atoms. The third-order valence-corrected chi connectivity index (χ3v) is 5.12. The zero-order valence-corrected chi connectivity index (χ0v) is 17.3. The van der Waals surface area contributed by atoms with Crippen LogP contribution < -0.4 is 10.1 Å². The molecule has 1 heterocycles. The number of anilines is 1. The number of ether oxygens (including phenoxy) is 2. The summed E-state index contributed by atoms with van der Waals surface area (Å²) in [4.78, 5) is 15.1. The Balaban J connectivity index is 1.76. The Labute approximate surface area is 164 Å². The van der Waals surface area contributed by atoms with Gasteiger partial charge in [0.05, 0.1) is 6.61 Å². The van der Waals surface area contributed by atoms with Crippen LogP contribution in [0.3, 0.4) is 0 Å². The minimum absolute atomic E-state index is 0.0959. The molecule has 0 saturated carbocycles. The predicted molar refractivity (Wildman–Crippen MR) is 110 cm³/mol. The van der Waals surface area contributed by atoms with Crippen LogP contribution >= 0.6 is 0 Å². The normalized spacial score (nSPS) is 17.3. The Morgan fingerprint density at radius 2 is 1.85 bits per heavy atom. The summed E-state index contributed by atoms with van der Waals surface area (Å²) in [6.07, 6.45) is 6.67. The minimum atomic E-state index is -0.785. The van der Waals surface area contributed by atoms with E-state index in [0.29, 0.717) is 13.0 Å². The first-order chi connectivity index (χ1) is 13.1. The molecule has 0 unspecified atom stereocenters.